The van der Waals surface area contributed by atoms with Crippen molar-refractivity contribution in [2.45, 2.75) is 0 Å². The maximum Gasteiger partial charge on any atom is 0.189 e. The van der Waals surface area contributed by atoms with Gasteiger partial charge in [-0.1, -0.05) is 11.6 Å². The van der Waals surface area contributed by atoms with Crippen molar-refractivity contribution >= 4 is 11.6 Å². The van der Waals surface area contributed by atoms with E-state index in [4.69, 9.17) is 11.6 Å². The van der Waals surface area contributed by atoms with Gasteiger partial charge in [0.2, 0.25) is 0 Å². The number of hydrogen-bond acceptors (Lipinski definition) is 2. The van der Waals surface area contributed by atoms with E-state index in [1.807, 2.05) is 0 Å². The van der Waals surface area contributed by atoms with Crippen LogP contribution in [-0.4, -0.2) is 14.8 Å². The third-order valence-electron chi connectivity index (χ3n) is 1.51. The first-order valence-corrected chi connectivity index (χ1v) is 3.97. The second-order valence-electron chi connectivity index (χ2n) is 2.39. The van der Waals surface area contributed by atoms with Crippen LogP contribution in [-0.2, 0) is 0 Å². The Balaban J connectivity index is 2.52. The second-order valence-corrected chi connectivity index (χ2v) is 2.78. The van der Waals surface area contributed by atoms with Gasteiger partial charge in [-0.2, -0.15) is 5.10 Å². The Morgan fingerprint density at radius 2 is 2.23 bits per heavy atom. The van der Waals surface area contributed by atoms with Gasteiger partial charge in [-0.25, -0.2) is 14.1 Å². The molecule has 0 amide bonds. The van der Waals surface area contributed by atoms with Crippen LogP contribution in [0.25, 0.3) is 5.82 Å². The fourth-order valence-electron chi connectivity index (χ4n) is 0.966. The van der Waals surface area contributed by atoms with Gasteiger partial charge < -0.3 is 0 Å². The molecule has 0 N–H and O–H groups in total. The smallest absolute Gasteiger partial charge is 0.189 e. The van der Waals surface area contributed by atoms with E-state index in [1.165, 1.54) is 23.0 Å². The van der Waals surface area contributed by atoms with Crippen molar-refractivity contribution in [1.29, 1.82) is 0 Å². The topological polar surface area (TPSA) is 30.7 Å². The third kappa shape index (κ3) is 1.53. The van der Waals surface area contributed by atoms with Crippen LogP contribution in [0.3, 0.4) is 0 Å². The largest absolute Gasteiger partial charge is 0.235 e. The fraction of sp³-hybridized carbons (Fsp3) is 0. The standard InChI is InChI=1S/C8H5ClFN3/c9-7-3-5-13(12-7)8-6(10)2-1-4-11-8/h1-5H. The molecule has 3 nitrogen and oxygen atoms in total. The first-order chi connectivity index (χ1) is 6.27. The number of aromatic nitrogens is 3. The lowest BCUT2D eigenvalue weighted by Gasteiger charge is -1.99. The molecule has 0 bridgehead atoms. The first kappa shape index (κ1) is 8.19. The van der Waals surface area contributed by atoms with Crippen molar-refractivity contribution in [1.82, 2.24) is 14.8 Å². The Labute approximate surface area is 78.8 Å². The van der Waals surface area contributed by atoms with E-state index in [2.05, 4.69) is 10.1 Å². The van der Waals surface area contributed by atoms with Crippen molar-refractivity contribution < 1.29 is 4.39 Å². The molecule has 0 aromatic carbocycles. The molecular formula is C8H5ClFN3. The summed E-state index contributed by atoms with van der Waals surface area (Å²) in [5.41, 5.74) is 0. The molecule has 66 valence electrons. The van der Waals surface area contributed by atoms with E-state index in [-0.39, 0.29) is 5.82 Å². The Morgan fingerprint density at radius 3 is 2.85 bits per heavy atom. The highest BCUT2D eigenvalue weighted by Gasteiger charge is 2.05. The van der Waals surface area contributed by atoms with Gasteiger partial charge in [-0.05, 0) is 18.2 Å². The molecule has 0 atom stereocenters. The number of nitrogens with zero attached hydrogens (tertiary/aromatic N) is 3. The normalized spacial score (nSPS) is 10.3. The van der Waals surface area contributed by atoms with Gasteiger partial charge in [-0.15, -0.1) is 0 Å². The molecule has 0 saturated heterocycles. The van der Waals surface area contributed by atoms with Crippen molar-refractivity contribution in [2.75, 3.05) is 0 Å². The highest BCUT2D eigenvalue weighted by Crippen LogP contribution is 2.10. The molecule has 0 aliphatic heterocycles. The summed E-state index contributed by atoms with van der Waals surface area (Å²) in [6.07, 6.45) is 3.04. The van der Waals surface area contributed by atoms with Gasteiger partial charge in [0.1, 0.15) is 0 Å². The van der Waals surface area contributed by atoms with Gasteiger partial charge in [0.25, 0.3) is 0 Å². The molecule has 5 heteroatoms. The second kappa shape index (κ2) is 3.14. The molecule has 0 saturated carbocycles. The summed E-state index contributed by atoms with van der Waals surface area (Å²) in [5, 5.41) is 4.13. The van der Waals surface area contributed by atoms with Crippen molar-refractivity contribution in [3.05, 3.63) is 41.6 Å². The molecule has 2 heterocycles. The van der Waals surface area contributed by atoms with Crippen LogP contribution in [0.1, 0.15) is 0 Å². The molecule has 2 aromatic heterocycles. The number of halogens is 2. The average Bonchev–Trinajstić information content (AvgIpc) is 2.53. The maximum atomic E-state index is 13.1. The van der Waals surface area contributed by atoms with E-state index in [0.717, 1.165) is 0 Å². The molecule has 2 aromatic rings. The number of rotatable bonds is 1. The zero-order valence-electron chi connectivity index (χ0n) is 6.48. The summed E-state index contributed by atoms with van der Waals surface area (Å²) in [4.78, 5) is 3.83. The van der Waals surface area contributed by atoms with Crippen LogP contribution < -0.4 is 0 Å². The van der Waals surface area contributed by atoms with E-state index >= 15 is 0 Å². The van der Waals surface area contributed by atoms with E-state index < -0.39 is 5.82 Å². The number of hydrogen-bond donors (Lipinski definition) is 0. The molecule has 0 unspecified atom stereocenters. The Bertz CT molecular complexity index is 427. The molecule has 2 rings (SSSR count). The minimum Gasteiger partial charge on any atom is -0.235 e. The first-order valence-electron chi connectivity index (χ1n) is 3.59. The van der Waals surface area contributed by atoms with Crippen LogP contribution in [0.15, 0.2) is 30.6 Å². The lowest BCUT2D eigenvalue weighted by atomic mass is 10.4. The zero-order chi connectivity index (χ0) is 9.26. The highest BCUT2D eigenvalue weighted by atomic mass is 35.5. The van der Waals surface area contributed by atoms with Crippen LogP contribution in [0.4, 0.5) is 4.39 Å². The molecule has 13 heavy (non-hydrogen) atoms. The summed E-state index contributed by atoms with van der Waals surface area (Å²) in [5.74, 6) is -0.281. The van der Waals surface area contributed by atoms with Crippen LogP contribution in [0.2, 0.25) is 5.15 Å². The summed E-state index contributed by atoms with van der Waals surface area (Å²) in [6, 6.07) is 4.40. The minimum atomic E-state index is -0.428. The van der Waals surface area contributed by atoms with Crippen LogP contribution in [0, 0.1) is 5.82 Å². The predicted octanol–water partition coefficient (Wildman–Crippen LogP) is 2.06. The molecule has 0 aliphatic carbocycles. The minimum absolute atomic E-state index is 0.148. The molecule has 0 radical (unpaired) electrons. The summed E-state index contributed by atoms with van der Waals surface area (Å²) in [7, 11) is 0. The van der Waals surface area contributed by atoms with Gasteiger partial charge >= 0.3 is 0 Å². The average molecular weight is 198 g/mol. The molecule has 0 fully saturated rings. The SMILES string of the molecule is Fc1cccnc1-n1ccc(Cl)n1. The lowest BCUT2D eigenvalue weighted by Crippen LogP contribution is -2.00. The zero-order valence-corrected chi connectivity index (χ0v) is 7.24. The van der Waals surface area contributed by atoms with Gasteiger partial charge in [0, 0.05) is 12.4 Å². The van der Waals surface area contributed by atoms with Crippen LogP contribution >= 0.6 is 11.6 Å². The Hall–Kier alpha value is -1.42. The van der Waals surface area contributed by atoms with Crippen molar-refractivity contribution in [3.8, 4) is 5.82 Å². The monoisotopic (exact) mass is 197 g/mol. The van der Waals surface area contributed by atoms with Gasteiger partial charge in [0.05, 0.1) is 0 Å². The predicted molar refractivity (Wildman–Crippen MR) is 46.3 cm³/mol. The Morgan fingerprint density at radius 1 is 1.38 bits per heavy atom. The van der Waals surface area contributed by atoms with E-state index in [1.54, 1.807) is 12.3 Å². The lowest BCUT2D eigenvalue weighted by molar-refractivity contribution is 0.600. The van der Waals surface area contributed by atoms with Gasteiger partial charge in [0.15, 0.2) is 16.8 Å². The highest BCUT2D eigenvalue weighted by molar-refractivity contribution is 6.29. The summed E-state index contributed by atoms with van der Waals surface area (Å²) in [6.45, 7) is 0. The molecule has 0 aliphatic rings. The molecular weight excluding hydrogens is 193 g/mol. The van der Waals surface area contributed by atoms with Crippen LogP contribution in [0.5, 0.6) is 0 Å². The van der Waals surface area contributed by atoms with Gasteiger partial charge in [-0.3, -0.25) is 0 Å². The van der Waals surface area contributed by atoms with Crippen molar-refractivity contribution in [2.24, 2.45) is 0 Å². The fourth-order valence-corrected chi connectivity index (χ4v) is 1.10. The quantitative estimate of drug-likeness (QED) is 0.701. The maximum absolute atomic E-state index is 13.1. The van der Waals surface area contributed by atoms with E-state index in [9.17, 15) is 4.39 Å². The summed E-state index contributed by atoms with van der Waals surface area (Å²) < 4.78 is 14.4. The number of pyridine rings is 1. The van der Waals surface area contributed by atoms with Crippen molar-refractivity contribution in [3.63, 3.8) is 0 Å². The Kier molecular flexibility index (Phi) is 1.98. The molecule has 0 spiro atoms. The third-order valence-corrected chi connectivity index (χ3v) is 1.71. The van der Waals surface area contributed by atoms with E-state index in [0.29, 0.717) is 5.15 Å². The summed E-state index contributed by atoms with van der Waals surface area (Å²) >= 11 is 5.58.